The van der Waals surface area contributed by atoms with Gasteiger partial charge < -0.3 is 4.98 Å². The number of para-hydroxylation sites is 2. The summed E-state index contributed by atoms with van der Waals surface area (Å²) >= 11 is 2.69. The maximum atomic E-state index is 12.8. The van der Waals surface area contributed by atoms with E-state index in [9.17, 15) is 19.7 Å². The lowest BCUT2D eigenvalue weighted by Crippen LogP contribution is -2.29. The number of aryl methyl sites for hydroxylation is 3. The monoisotopic (exact) mass is 495 g/mol. The Labute approximate surface area is 202 Å². The highest BCUT2D eigenvalue weighted by Gasteiger charge is 2.20. The van der Waals surface area contributed by atoms with E-state index in [4.69, 9.17) is 0 Å². The molecule has 34 heavy (non-hydrogen) atoms. The number of carbonyl (C=O) groups excluding carboxylic acids is 1. The molecule has 4 aromatic rings. The van der Waals surface area contributed by atoms with E-state index in [-0.39, 0.29) is 16.9 Å². The summed E-state index contributed by atoms with van der Waals surface area (Å²) < 4.78 is 0. The number of nitrogens with one attached hydrogen (secondary N) is 3. The Morgan fingerprint density at radius 1 is 1.21 bits per heavy atom. The maximum Gasteiger partial charge on any atom is 0.294 e. The van der Waals surface area contributed by atoms with Gasteiger partial charge in [-0.1, -0.05) is 29.8 Å². The number of thiophene rings is 1. The molecule has 2 heterocycles. The number of fused-ring (bicyclic) bond motifs is 1. The second-order valence-electron chi connectivity index (χ2n) is 7.66. The van der Waals surface area contributed by atoms with Crippen LogP contribution in [0.15, 0.2) is 52.2 Å². The lowest BCUT2D eigenvalue weighted by molar-refractivity contribution is -0.384. The topological polar surface area (TPSA) is 130 Å². The molecule has 11 heteroatoms. The molecule has 0 fully saturated rings. The quantitative estimate of drug-likeness (QED) is 0.189. The Balaban J connectivity index is 1.55. The number of hydrogen-bond donors (Lipinski definition) is 3. The van der Waals surface area contributed by atoms with E-state index < -0.39 is 10.8 Å². The number of hydrazine groups is 1. The van der Waals surface area contributed by atoms with Crippen LogP contribution < -0.4 is 16.4 Å². The van der Waals surface area contributed by atoms with Crippen molar-refractivity contribution in [3.8, 4) is 0 Å². The zero-order valence-corrected chi connectivity index (χ0v) is 20.2. The minimum atomic E-state index is -0.541. The first kappa shape index (κ1) is 23.5. The van der Waals surface area contributed by atoms with Gasteiger partial charge in [0.25, 0.3) is 17.2 Å². The van der Waals surface area contributed by atoms with E-state index in [1.54, 1.807) is 24.8 Å². The number of thioether (sulfide) groups is 1. The van der Waals surface area contributed by atoms with Crippen molar-refractivity contribution in [2.45, 2.75) is 31.4 Å². The molecule has 0 atom stereocenters. The van der Waals surface area contributed by atoms with Crippen LogP contribution in [0.2, 0.25) is 0 Å². The molecule has 1 amide bonds. The van der Waals surface area contributed by atoms with Gasteiger partial charge in [-0.05, 0) is 44.0 Å². The van der Waals surface area contributed by atoms with Gasteiger partial charge in [0, 0.05) is 11.0 Å². The van der Waals surface area contributed by atoms with Crippen LogP contribution in [0.25, 0.3) is 10.2 Å². The molecule has 4 rings (SSSR count). The van der Waals surface area contributed by atoms with Gasteiger partial charge in [-0.2, -0.15) is 0 Å². The number of benzene rings is 2. The molecule has 3 N–H and O–H groups in total. The summed E-state index contributed by atoms with van der Waals surface area (Å²) in [5.41, 5.74) is 7.56. The van der Waals surface area contributed by atoms with Crippen LogP contribution in [0, 0.1) is 30.9 Å². The number of aromatic amines is 1. The number of H-pyrrole nitrogens is 1. The molecule has 0 saturated heterocycles. The smallest absolute Gasteiger partial charge is 0.294 e. The summed E-state index contributed by atoms with van der Waals surface area (Å²) in [6, 6.07) is 12.2. The van der Waals surface area contributed by atoms with E-state index in [0.29, 0.717) is 32.2 Å². The molecule has 0 aliphatic carbocycles. The Bertz CT molecular complexity index is 1480. The van der Waals surface area contributed by atoms with E-state index in [1.165, 1.54) is 18.2 Å². The number of aromatic nitrogens is 2. The number of nitro groups is 1. The van der Waals surface area contributed by atoms with Crippen molar-refractivity contribution in [1.82, 2.24) is 15.4 Å². The van der Waals surface area contributed by atoms with Crippen LogP contribution in [0.1, 0.15) is 32.2 Å². The second-order valence-corrected chi connectivity index (χ2v) is 9.68. The lowest BCUT2D eigenvalue weighted by atomic mass is 10.2. The summed E-state index contributed by atoms with van der Waals surface area (Å²) in [6.45, 7) is 5.74. The Hall–Kier alpha value is -3.70. The van der Waals surface area contributed by atoms with Gasteiger partial charge in [0.15, 0.2) is 0 Å². The first-order chi connectivity index (χ1) is 16.2. The van der Waals surface area contributed by atoms with Crippen LogP contribution in [0.5, 0.6) is 0 Å². The third-order valence-corrected chi connectivity index (χ3v) is 7.53. The lowest BCUT2D eigenvalue weighted by Gasteiger charge is -2.08. The maximum absolute atomic E-state index is 12.8. The molecule has 0 radical (unpaired) electrons. The standard InChI is InChI=1S/C23H21N5O4S2/c1-12-8-9-13(2)17(10-12)33-11-18-24-21(29)19-14(3)20(34-23(19)25-18)22(30)27-26-15-6-4-5-7-16(15)28(31)32/h4-10,26H,11H2,1-3H3,(H,27,30)(H,24,25,29). The normalized spacial score (nSPS) is 10.9. The minimum Gasteiger partial charge on any atom is -0.309 e. The van der Waals surface area contributed by atoms with E-state index in [1.807, 2.05) is 13.8 Å². The van der Waals surface area contributed by atoms with Crippen LogP contribution in [-0.4, -0.2) is 20.8 Å². The Morgan fingerprint density at radius 3 is 2.74 bits per heavy atom. The highest BCUT2D eigenvalue weighted by Crippen LogP contribution is 2.30. The molecule has 0 aliphatic rings. The third-order valence-electron chi connectivity index (χ3n) is 5.18. The first-order valence-corrected chi connectivity index (χ1v) is 12.1. The van der Waals surface area contributed by atoms with Crippen molar-refractivity contribution >= 4 is 50.6 Å². The molecule has 0 unspecified atom stereocenters. The van der Waals surface area contributed by atoms with Gasteiger partial charge in [0.05, 0.1) is 20.9 Å². The van der Waals surface area contributed by atoms with Crippen LogP contribution in [0.3, 0.4) is 0 Å². The van der Waals surface area contributed by atoms with Crippen LogP contribution in [0.4, 0.5) is 11.4 Å². The number of anilines is 1. The SMILES string of the molecule is Cc1ccc(C)c(SCc2nc3sc(C(=O)NNc4ccccc4[N+](=O)[O-])c(C)c3c(=O)[nH]2)c1. The number of nitrogens with zero attached hydrogens (tertiary/aromatic N) is 2. The number of rotatable bonds is 7. The van der Waals surface area contributed by atoms with Crippen molar-refractivity contribution < 1.29 is 9.72 Å². The highest BCUT2D eigenvalue weighted by atomic mass is 32.2. The van der Waals surface area contributed by atoms with E-state index in [2.05, 4.69) is 39.0 Å². The molecule has 2 aromatic carbocycles. The van der Waals surface area contributed by atoms with Crippen molar-refractivity contribution in [3.63, 3.8) is 0 Å². The summed E-state index contributed by atoms with van der Waals surface area (Å²) in [7, 11) is 0. The molecular weight excluding hydrogens is 474 g/mol. The molecule has 174 valence electrons. The Kier molecular flexibility index (Phi) is 6.66. The molecule has 2 aromatic heterocycles. The molecule has 0 aliphatic heterocycles. The number of amides is 1. The van der Waals surface area contributed by atoms with Gasteiger partial charge in [0.2, 0.25) is 0 Å². The molecule has 0 spiro atoms. The zero-order chi connectivity index (χ0) is 24.4. The summed E-state index contributed by atoms with van der Waals surface area (Å²) in [5.74, 6) is 0.492. The second kappa shape index (κ2) is 9.65. The summed E-state index contributed by atoms with van der Waals surface area (Å²) in [5, 5.41) is 11.5. The number of carbonyl (C=O) groups is 1. The predicted molar refractivity (Wildman–Crippen MR) is 135 cm³/mol. The predicted octanol–water partition coefficient (Wildman–Crippen LogP) is 4.87. The van der Waals surface area contributed by atoms with Crippen LogP contribution in [-0.2, 0) is 5.75 Å². The van der Waals surface area contributed by atoms with Gasteiger partial charge in [-0.15, -0.1) is 23.1 Å². The van der Waals surface area contributed by atoms with Gasteiger partial charge in [-0.25, -0.2) is 4.98 Å². The molecule has 9 nitrogen and oxygen atoms in total. The average Bonchev–Trinajstić information content (AvgIpc) is 3.15. The fourth-order valence-electron chi connectivity index (χ4n) is 3.40. The fourth-order valence-corrected chi connectivity index (χ4v) is 5.49. The van der Waals surface area contributed by atoms with Crippen LogP contribution >= 0.6 is 23.1 Å². The summed E-state index contributed by atoms with van der Waals surface area (Å²) in [4.78, 5) is 45.5. The minimum absolute atomic E-state index is 0.154. The van der Waals surface area contributed by atoms with E-state index >= 15 is 0 Å². The largest absolute Gasteiger partial charge is 0.309 e. The highest BCUT2D eigenvalue weighted by molar-refractivity contribution is 7.98. The Morgan fingerprint density at radius 2 is 1.97 bits per heavy atom. The van der Waals surface area contributed by atoms with Gasteiger partial charge in [-0.3, -0.25) is 30.6 Å². The molecule has 0 saturated carbocycles. The van der Waals surface area contributed by atoms with Crippen molar-refractivity contribution in [3.05, 3.63) is 90.3 Å². The van der Waals surface area contributed by atoms with Crippen molar-refractivity contribution in [1.29, 1.82) is 0 Å². The summed E-state index contributed by atoms with van der Waals surface area (Å²) in [6.07, 6.45) is 0. The number of nitro benzene ring substituents is 1. The van der Waals surface area contributed by atoms with Gasteiger partial charge in [0.1, 0.15) is 16.3 Å². The number of hydrogen-bond acceptors (Lipinski definition) is 8. The zero-order valence-electron chi connectivity index (χ0n) is 18.6. The van der Waals surface area contributed by atoms with Crippen molar-refractivity contribution in [2.24, 2.45) is 0 Å². The first-order valence-electron chi connectivity index (χ1n) is 10.3. The molecule has 0 bridgehead atoms. The van der Waals surface area contributed by atoms with Crippen molar-refractivity contribution in [2.75, 3.05) is 5.43 Å². The third kappa shape index (κ3) is 4.80. The fraction of sp³-hybridized carbons (Fsp3) is 0.174. The average molecular weight is 496 g/mol. The van der Waals surface area contributed by atoms with E-state index in [0.717, 1.165) is 27.4 Å². The molecular formula is C23H21N5O4S2. The van der Waals surface area contributed by atoms with Gasteiger partial charge >= 0.3 is 0 Å².